The topological polar surface area (TPSA) is 61.8 Å². The van der Waals surface area contributed by atoms with Crippen LogP contribution in [0.3, 0.4) is 0 Å². The van der Waals surface area contributed by atoms with Crippen molar-refractivity contribution >= 4 is 5.91 Å². The molecule has 2 N–H and O–H groups in total. The van der Waals surface area contributed by atoms with E-state index in [-0.39, 0.29) is 42.9 Å². The van der Waals surface area contributed by atoms with Crippen molar-refractivity contribution in [1.29, 1.82) is 0 Å². The zero-order chi connectivity index (χ0) is 20.1. The van der Waals surface area contributed by atoms with Crippen LogP contribution in [0.25, 0.3) is 11.1 Å². The van der Waals surface area contributed by atoms with Crippen LogP contribution in [0.15, 0.2) is 48.5 Å². The molecule has 3 rings (SSSR count). The molecule has 0 aliphatic carbocycles. The van der Waals surface area contributed by atoms with E-state index in [4.69, 9.17) is 4.74 Å². The normalized spacial score (nSPS) is 21.2. The summed E-state index contributed by atoms with van der Waals surface area (Å²) in [4.78, 5) is 13.9. The van der Waals surface area contributed by atoms with E-state index in [9.17, 15) is 14.3 Å². The van der Waals surface area contributed by atoms with Crippen molar-refractivity contribution < 1.29 is 19.0 Å². The van der Waals surface area contributed by atoms with Gasteiger partial charge in [-0.05, 0) is 35.7 Å². The average molecular weight is 386 g/mol. The first kappa shape index (κ1) is 20.5. The Hall–Kier alpha value is -2.28. The number of methoxy groups -OCH3 is 1. The summed E-state index contributed by atoms with van der Waals surface area (Å²) in [6, 6.07) is 14.6. The monoisotopic (exact) mass is 386 g/mol. The minimum Gasteiger partial charge on any atom is -0.395 e. The molecule has 0 bridgehead atoms. The standard InChI is InChI=1S/C22H27FN2O3/c1-3-25(21(27)14-28-2)12-19-22(20(13-26)24-19)17-6-4-15(5-7-17)16-8-10-18(23)11-9-16/h4-11,19-20,22,24,26H,3,12-14H2,1-2H3/t19-,20-,22-/m1/s1. The quantitative estimate of drug-likeness (QED) is 0.731. The third kappa shape index (κ3) is 4.41. The number of nitrogens with zero attached hydrogens (tertiary/aromatic N) is 1. The molecule has 1 aliphatic rings. The van der Waals surface area contributed by atoms with Gasteiger partial charge in [-0.3, -0.25) is 4.79 Å². The van der Waals surface area contributed by atoms with Gasteiger partial charge < -0.3 is 20.1 Å². The molecule has 1 saturated heterocycles. The molecule has 3 atom stereocenters. The maximum atomic E-state index is 13.1. The van der Waals surface area contributed by atoms with Crippen LogP contribution in [0.2, 0.25) is 0 Å². The maximum absolute atomic E-state index is 13.1. The molecule has 5 nitrogen and oxygen atoms in total. The van der Waals surface area contributed by atoms with Crippen LogP contribution >= 0.6 is 0 Å². The third-order valence-electron chi connectivity index (χ3n) is 5.38. The number of ether oxygens (including phenoxy) is 1. The molecule has 2 aromatic carbocycles. The van der Waals surface area contributed by atoms with Gasteiger partial charge in [-0.2, -0.15) is 0 Å². The summed E-state index contributed by atoms with van der Waals surface area (Å²) in [6.45, 7) is 3.24. The molecule has 0 radical (unpaired) electrons. The van der Waals surface area contributed by atoms with Crippen LogP contribution in [0.4, 0.5) is 4.39 Å². The Kier molecular flexibility index (Phi) is 6.78. The third-order valence-corrected chi connectivity index (χ3v) is 5.38. The molecule has 0 unspecified atom stereocenters. The number of halogens is 1. The Balaban J connectivity index is 1.73. The van der Waals surface area contributed by atoms with Crippen LogP contribution in [0.1, 0.15) is 18.4 Å². The molecule has 150 valence electrons. The van der Waals surface area contributed by atoms with E-state index in [2.05, 4.69) is 5.32 Å². The summed E-state index contributed by atoms with van der Waals surface area (Å²) >= 11 is 0. The zero-order valence-electron chi connectivity index (χ0n) is 16.3. The molecule has 0 spiro atoms. The van der Waals surface area contributed by atoms with Crippen LogP contribution in [-0.2, 0) is 9.53 Å². The van der Waals surface area contributed by atoms with Crippen LogP contribution in [0, 0.1) is 5.82 Å². The van der Waals surface area contributed by atoms with Gasteiger partial charge in [-0.15, -0.1) is 0 Å². The molecule has 1 amide bonds. The number of amides is 1. The molecule has 28 heavy (non-hydrogen) atoms. The summed E-state index contributed by atoms with van der Waals surface area (Å²) in [6.07, 6.45) is 0. The lowest BCUT2D eigenvalue weighted by atomic mass is 9.77. The number of hydrogen-bond acceptors (Lipinski definition) is 4. The highest BCUT2D eigenvalue weighted by atomic mass is 19.1. The van der Waals surface area contributed by atoms with Crippen molar-refractivity contribution in [2.45, 2.75) is 24.9 Å². The Morgan fingerprint density at radius 1 is 1.11 bits per heavy atom. The minimum atomic E-state index is -0.252. The summed E-state index contributed by atoms with van der Waals surface area (Å²) in [5.74, 6) is -0.167. The Bertz CT molecular complexity index is 779. The van der Waals surface area contributed by atoms with Gasteiger partial charge in [0.05, 0.1) is 6.61 Å². The zero-order valence-corrected chi connectivity index (χ0v) is 16.3. The number of hydrogen-bond donors (Lipinski definition) is 2. The van der Waals surface area contributed by atoms with Crippen molar-refractivity contribution in [3.63, 3.8) is 0 Å². The number of carbonyl (C=O) groups excluding carboxylic acids is 1. The van der Waals surface area contributed by atoms with E-state index < -0.39 is 0 Å². The number of aliphatic hydroxyl groups excluding tert-OH is 1. The second-order valence-corrected chi connectivity index (χ2v) is 7.08. The van der Waals surface area contributed by atoms with Crippen LogP contribution in [0.5, 0.6) is 0 Å². The van der Waals surface area contributed by atoms with Crippen LogP contribution < -0.4 is 5.32 Å². The van der Waals surface area contributed by atoms with Crippen molar-refractivity contribution in [2.24, 2.45) is 0 Å². The fourth-order valence-corrected chi connectivity index (χ4v) is 3.84. The predicted molar refractivity (Wildman–Crippen MR) is 107 cm³/mol. The lowest BCUT2D eigenvalue weighted by Gasteiger charge is -2.47. The van der Waals surface area contributed by atoms with Gasteiger partial charge in [0.2, 0.25) is 5.91 Å². The van der Waals surface area contributed by atoms with Crippen LogP contribution in [-0.4, -0.2) is 61.4 Å². The Morgan fingerprint density at radius 3 is 2.25 bits per heavy atom. The van der Waals surface area contributed by atoms with Crippen molar-refractivity contribution in [3.8, 4) is 11.1 Å². The van der Waals surface area contributed by atoms with Crippen molar-refractivity contribution in [2.75, 3.05) is 33.4 Å². The molecule has 1 aliphatic heterocycles. The van der Waals surface area contributed by atoms with E-state index in [1.165, 1.54) is 19.2 Å². The summed E-state index contributed by atoms with van der Waals surface area (Å²) in [7, 11) is 1.51. The van der Waals surface area contributed by atoms with Gasteiger partial charge in [-0.25, -0.2) is 4.39 Å². The second kappa shape index (κ2) is 9.28. The Labute approximate surface area is 165 Å². The highest BCUT2D eigenvalue weighted by molar-refractivity contribution is 5.77. The first-order chi connectivity index (χ1) is 13.6. The molecule has 0 aromatic heterocycles. The van der Waals surface area contributed by atoms with E-state index in [0.29, 0.717) is 13.1 Å². The fourth-order valence-electron chi connectivity index (χ4n) is 3.84. The fraction of sp³-hybridized carbons (Fsp3) is 0.409. The van der Waals surface area contributed by atoms with Gasteiger partial charge in [-0.1, -0.05) is 36.4 Å². The maximum Gasteiger partial charge on any atom is 0.248 e. The minimum absolute atomic E-state index is 0.0297. The van der Waals surface area contributed by atoms with E-state index >= 15 is 0 Å². The highest BCUT2D eigenvalue weighted by Gasteiger charge is 2.41. The summed E-state index contributed by atoms with van der Waals surface area (Å²) in [5.41, 5.74) is 3.08. The predicted octanol–water partition coefficient (Wildman–Crippen LogP) is 2.40. The second-order valence-electron chi connectivity index (χ2n) is 7.08. The molecule has 1 heterocycles. The number of nitrogens with one attached hydrogen (secondary N) is 1. The highest BCUT2D eigenvalue weighted by Crippen LogP contribution is 2.34. The smallest absolute Gasteiger partial charge is 0.248 e. The summed E-state index contributed by atoms with van der Waals surface area (Å²) in [5, 5.41) is 13.0. The first-order valence-corrected chi connectivity index (χ1v) is 9.56. The largest absolute Gasteiger partial charge is 0.395 e. The lowest BCUT2D eigenvalue weighted by molar-refractivity contribution is -0.135. The van der Waals surface area contributed by atoms with E-state index in [1.807, 2.05) is 31.2 Å². The average Bonchev–Trinajstić information content (AvgIpc) is 2.69. The number of aliphatic hydroxyl groups is 1. The number of rotatable bonds is 8. The van der Waals surface area contributed by atoms with Crippen molar-refractivity contribution in [3.05, 3.63) is 59.9 Å². The van der Waals surface area contributed by atoms with Gasteiger partial charge >= 0.3 is 0 Å². The van der Waals surface area contributed by atoms with Crippen molar-refractivity contribution in [1.82, 2.24) is 10.2 Å². The molecule has 6 heteroatoms. The molecular weight excluding hydrogens is 359 g/mol. The lowest BCUT2D eigenvalue weighted by Crippen LogP contribution is -2.65. The number of likely N-dealkylation sites (N-methyl/N-ethyl adjacent to an activating group) is 1. The number of carbonyl (C=O) groups is 1. The first-order valence-electron chi connectivity index (χ1n) is 9.56. The molecule has 2 aromatic rings. The van der Waals surface area contributed by atoms with Gasteiger partial charge in [0.25, 0.3) is 0 Å². The van der Waals surface area contributed by atoms with E-state index in [0.717, 1.165) is 16.7 Å². The SMILES string of the molecule is CCN(C[C@H]1N[C@H](CO)[C@@H]1c1ccc(-c2ccc(F)cc2)cc1)C(=O)COC. The van der Waals surface area contributed by atoms with Gasteiger partial charge in [0.15, 0.2) is 0 Å². The molecular formula is C22H27FN2O3. The van der Waals surface area contributed by atoms with Gasteiger partial charge in [0, 0.05) is 38.2 Å². The molecule has 0 saturated carbocycles. The Morgan fingerprint density at radius 2 is 1.71 bits per heavy atom. The summed E-state index contributed by atoms with van der Waals surface area (Å²) < 4.78 is 18.1. The number of benzene rings is 2. The molecule has 1 fully saturated rings. The van der Waals surface area contributed by atoms with E-state index in [1.54, 1.807) is 17.0 Å². The van der Waals surface area contributed by atoms with Gasteiger partial charge in [0.1, 0.15) is 12.4 Å².